The van der Waals surface area contributed by atoms with Gasteiger partial charge in [0.15, 0.2) is 5.82 Å². The maximum absolute atomic E-state index is 14.0. The zero-order valence-electron chi connectivity index (χ0n) is 12.8. The lowest BCUT2D eigenvalue weighted by atomic mass is 10.2. The van der Waals surface area contributed by atoms with E-state index < -0.39 is 10.7 Å². The number of nitro groups is 1. The number of benzene rings is 2. The lowest BCUT2D eigenvalue weighted by molar-refractivity contribution is -0.385. The van der Waals surface area contributed by atoms with Crippen LogP contribution < -0.4 is 5.32 Å². The van der Waals surface area contributed by atoms with Crippen molar-refractivity contribution >= 4 is 22.4 Å². The molecule has 7 heteroatoms. The van der Waals surface area contributed by atoms with Gasteiger partial charge in [-0.05, 0) is 31.0 Å². The van der Waals surface area contributed by atoms with E-state index in [0.717, 1.165) is 35.8 Å². The molecule has 3 aromatic rings. The van der Waals surface area contributed by atoms with Crippen LogP contribution in [-0.2, 0) is 6.54 Å². The SMILES string of the molecule is O=[N+]([O-])c1ccc(NCc2nc3ccccc3n2C2CC2)c(F)c1. The molecule has 1 aromatic heterocycles. The molecular formula is C17H15FN4O2. The van der Waals surface area contributed by atoms with E-state index in [4.69, 9.17) is 0 Å². The minimum atomic E-state index is -0.640. The molecule has 24 heavy (non-hydrogen) atoms. The van der Waals surface area contributed by atoms with E-state index in [9.17, 15) is 14.5 Å². The number of aromatic nitrogens is 2. The van der Waals surface area contributed by atoms with Crippen molar-refractivity contribution in [2.75, 3.05) is 5.32 Å². The molecule has 0 spiro atoms. The Kier molecular flexibility index (Phi) is 3.41. The van der Waals surface area contributed by atoms with E-state index in [2.05, 4.69) is 14.9 Å². The van der Waals surface area contributed by atoms with Gasteiger partial charge in [0, 0.05) is 12.1 Å². The summed E-state index contributed by atoms with van der Waals surface area (Å²) in [6.07, 6.45) is 2.25. The number of nitro benzene ring substituents is 1. The second kappa shape index (κ2) is 5.59. The van der Waals surface area contributed by atoms with Gasteiger partial charge in [0.1, 0.15) is 5.82 Å². The molecule has 0 radical (unpaired) electrons. The molecule has 0 aliphatic heterocycles. The van der Waals surface area contributed by atoms with Crippen LogP contribution in [0.3, 0.4) is 0 Å². The molecule has 1 N–H and O–H groups in total. The first kappa shape index (κ1) is 14.6. The van der Waals surface area contributed by atoms with Crippen LogP contribution >= 0.6 is 0 Å². The smallest absolute Gasteiger partial charge is 0.272 e. The van der Waals surface area contributed by atoms with E-state index in [1.54, 1.807) is 0 Å². The molecule has 6 nitrogen and oxygen atoms in total. The fraction of sp³-hybridized carbons (Fsp3) is 0.235. The summed E-state index contributed by atoms with van der Waals surface area (Å²) in [6.45, 7) is 0.361. The lowest BCUT2D eigenvalue weighted by Crippen LogP contribution is -2.09. The first-order valence-electron chi connectivity index (χ1n) is 7.77. The standard InChI is InChI=1S/C17H15FN4O2/c18-13-9-12(22(23)24)7-8-14(13)19-10-17-20-15-3-1-2-4-16(15)21(17)11-5-6-11/h1-4,7-9,11,19H,5-6,10H2. The number of imidazole rings is 1. The summed E-state index contributed by atoms with van der Waals surface area (Å²) >= 11 is 0. The average molecular weight is 326 g/mol. The molecule has 1 heterocycles. The number of fused-ring (bicyclic) bond motifs is 1. The van der Waals surface area contributed by atoms with Crippen molar-refractivity contribution in [3.05, 3.63) is 64.2 Å². The van der Waals surface area contributed by atoms with E-state index in [1.807, 2.05) is 24.3 Å². The summed E-state index contributed by atoms with van der Waals surface area (Å²) in [5.74, 6) is 0.203. The highest BCUT2D eigenvalue weighted by Gasteiger charge is 2.28. The fourth-order valence-electron chi connectivity index (χ4n) is 2.89. The van der Waals surface area contributed by atoms with Crippen molar-refractivity contribution in [2.24, 2.45) is 0 Å². The lowest BCUT2D eigenvalue weighted by Gasteiger charge is -2.10. The highest BCUT2D eigenvalue weighted by atomic mass is 19.1. The Bertz CT molecular complexity index is 933. The zero-order valence-corrected chi connectivity index (χ0v) is 12.8. The summed E-state index contributed by atoms with van der Waals surface area (Å²) in [5, 5.41) is 13.7. The molecule has 0 amide bonds. The first-order chi connectivity index (χ1) is 11.6. The van der Waals surface area contributed by atoms with Crippen LogP contribution in [0.15, 0.2) is 42.5 Å². The Morgan fingerprint density at radius 2 is 2.08 bits per heavy atom. The van der Waals surface area contributed by atoms with Crippen molar-refractivity contribution in [3.8, 4) is 0 Å². The Morgan fingerprint density at radius 3 is 2.79 bits per heavy atom. The summed E-state index contributed by atoms with van der Waals surface area (Å²) < 4.78 is 16.2. The Hall–Kier alpha value is -2.96. The maximum atomic E-state index is 14.0. The predicted molar refractivity (Wildman–Crippen MR) is 88.4 cm³/mol. The van der Waals surface area contributed by atoms with Gasteiger partial charge in [-0.2, -0.15) is 0 Å². The predicted octanol–water partition coefficient (Wildman–Crippen LogP) is 4.03. The molecule has 1 aliphatic carbocycles. The molecule has 2 aromatic carbocycles. The molecule has 0 bridgehead atoms. The number of halogens is 1. The minimum Gasteiger partial charge on any atom is -0.375 e. The van der Waals surface area contributed by atoms with Gasteiger partial charge in [0.25, 0.3) is 5.69 Å². The number of hydrogen-bond donors (Lipinski definition) is 1. The van der Waals surface area contributed by atoms with Crippen LogP contribution in [0.4, 0.5) is 15.8 Å². The van der Waals surface area contributed by atoms with Crippen LogP contribution in [0.5, 0.6) is 0 Å². The monoisotopic (exact) mass is 326 g/mol. The van der Waals surface area contributed by atoms with Crippen molar-refractivity contribution in [3.63, 3.8) is 0 Å². The molecule has 0 unspecified atom stereocenters. The molecule has 122 valence electrons. The number of non-ortho nitro benzene ring substituents is 1. The minimum absolute atomic E-state index is 0.231. The van der Waals surface area contributed by atoms with Crippen LogP contribution in [-0.4, -0.2) is 14.5 Å². The Morgan fingerprint density at radius 1 is 1.29 bits per heavy atom. The first-order valence-corrected chi connectivity index (χ1v) is 7.77. The van der Waals surface area contributed by atoms with Gasteiger partial charge in [-0.3, -0.25) is 10.1 Å². The van der Waals surface area contributed by atoms with Crippen LogP contribution in [0.1, 0.15) is 24.7 Å². The maximum Gasteiger partial charge on any atom is 0.272 e. The van der Waals surface area contributed by atoms with Gasteiger partial charge in [-0.25, -0.2) is 9.37 Å². The van der Waals surface area contributed by atoms with Crippen molar-refractivity contribution in [1.82, 2.24) is 9.55 Å². The van der Waals surface area contributed by atoms with Gasteiger partial charge in [0.2, 0.25) is 0 Å². The van der Waals surface area contributed by atoms with E-state index in [-0.39, 0.29) is 11.4 Å². The van der Waals surface area contributed by atoms with Crippen molar-refractivity contribution in [2.45, 2.75) is 25.4 Å². The fourth-order valence-corrected chi connectivity index (χ4v) is 2.89. The number of para-hydroxylation sites is 2. The number of rotatable bonds is 5. The van der Waals surface area contributed by atoms with Crippen LogP contribution in [0, 0.1) is 15.9 Å². The van der Waals surface area contributed by atoms with Crippen LogP contribution in [0.2, 0.25) is 0 Å². The molecular weight excluding hydrogens is 311 g/mol. The van der Waals surface area contributed by atoms with Gasteiger partial charge < -0.3 is 9.88 Å². The summed E-state index contributed by atoms with van der Waals surface area (Å²) in [7, 11) is 0. The summed E-state index contributed by atoms with van der Waals surface area (Å²) in [5.41, 5.74) is 1.98. The molecule has 1 saturated carbocycles. The topological polar surface area (TPSA) is 73.0 Å². The normalized spacial score (nSPS) is 14.0. The molecule has 1 fully saturated rings. The highest BCUT2D eigenvalue weighted by Crippen LogP contribution is 2.38. The van der Waals surface area contributed by atoms with Gasteiger partial charge in [-0.15, -0.1) is 0 Å². The van der Waals surface area contributed by atoms with Gasteiger partial charge in [0.05, 0.1) is 34.3 Å². The van der Waals surface area contributed by atoms with E-state index in [1.165, 1.54) is 12.1 Å². The third kappa shape index (κ3) is 2.58. The van der Waals surface area contributed by atoms with E-state index >= 15 is 0 Å². The Labute approximate surface area is 137 Å². The number of nitrogens with zero attached hydrogens (tertiary/aromatic N) is 3. The van der Waals surface area contributed by atoms with Crippen LogP contribution in [0.25, 0.3) is 11.0 Å². The third-order valence-electron chi connectivity index (χ3n) is 4.18. The second-order valence-corrected chi connectivity index (χ2v) is 5.89. The quantitative estimate of drug-likeness (QED) is 0.567. The van der Waals surface area contributed by atoms with Gasteiger partial charge >= 0.3 is 0 Å². The third-order valence-corrected chi connectivity index (χ3v) is 4.18. The number of anilines is 1. The summed E-state index contributed by atoms with van der Waals surface area (Å²) in [4.78, 5) is 14.7. The average Bonchev–Trinajstić information content (AvgIpc) is 3.34. The van der Waals surface area contributed by atoms with Gasteiger partial charge in [-0.1, -0.05) is 12.1 Å². The zero-order chi connectivity index (χ0) is 16.7. The molecule has 1 aliphatic rings. The van der Waals surface area contributed by atoms with Crippen molar-refractivity contribution < 1.29 is 9.31 Å². The Balaban J connectivity index is 1.61. The number of hydrogen-bond acceptors (Lipinski definition) is 4. The second-order valence-electron chi connectivity index (χ2n) is 5.89. The largest absolute Gasteiger partial charge is 0.375 e. The molecule has 0 saturated heterocycles. The molecule has 0 atom stereocenters. The van der Waals surface area contributed by atoms with E-state index in [0.29, 0.717) is 12.6 Å². The highest BCUT2D eigenvalue weighted by molar-refractivity contribution is 5.76. The summed E-state index contributed by atoms with van der Waals surface area (Å²) in [6, 6.07) is 12.0. The van der Waals surface area contributed by atoms with Crippen molar-refractivity contribution in [1.29, 1.82) is 0 Å². The molecule has 4 rings (SSSR count). The number of nitrogens with one attached hydrogen (secondary N) is 1.